The summed E-state index contributed by atoms with van der Waals surface area (Å²) >= 11 is 1.43. The molecule has 0 spiro atoms. The normalized spacial score (nSPS) is 10.4. The molecule has 1 N–H and O–H groups in total. The standard InChI is InChI=1S/C20H19N3O3S/c1-3-13-5-7-15-18(10-13)27-20(22-15)23-19(24)12-26-16-8-6-14(11-21)9-17(16)25-4-2/h5-10H,3-4,12H2,1-2H3,(H,22,23,24). The second kappa shape index (κ2) is 8.52. The van der Waals surface area contributed by atoms with Crippen molar-refractivity contribution in [2.24, 2.45) is 0 Å². The van der Waals surface area contributed by atoms with Crippen molar-refractivity contribution in [2.75, 3.05) is 18.5 Å². The molecule has 3 rings (SSSR count). The van der Waals surface area contributed by atoms with Crippen molar-refractivity contribution in [2.45, 2.75) is 20.3 Å². The molecule has 0 saturated carbocycles. The van der Waals surface area contributed by atoms with Crippen LogP contribution >= 0.6 is 11.3 Å². The molecule has 0 aliphatic carbocycles. The number of carbonyl (C=O) groups is 1. The SMILES string of the molecule is CCOc1cc(C#N)ccc1OCC(=O)Nc1nc2ccc(CC)cc2s1. The van der Waals surface area contributed by atoms with E-state index in [1.54, 1.807) is 18.2 Å². The molecular weight excluding hydrogens is 362 g/mol. The molecule has 0 unspecified atom stereocenters. The number of nitrogens with one attached hydrogen (secondary N) is 1. The first-order valence-corrected chi connectivity index (χ1v) is 9.43. The number of aromatic nitrogens is 1. The Hall–Kier alpha value is -3.11. The lowest BCUT2D eigenvalue weighted by Crippen LogP contribution is -2.20. The van der Waals surface area contributed by atoms with Crippen LogP contribution in [-0.2, 0) is 11.2 Å². The Morgan fingerprint density at radius 3 is 2.78 bits per heavy atom. The Labute approximate surface area is 161 Å². The molecule has 0 saturated heterocycles. The number of hydrogen-bond acceptors (Lipinski definition) is 6. The molecule has 0 atom stereocenters. The molecule has 27 heavy (non-hydrogen) atoms. The van der Waals surface area contributed by atoms with Gasteiger partial charge in [0.25, 0.3) is 5.91 Å². The van der Waals surface area contributed by atoms with Gasteiger partial charge in [-0.1, -0.05) is 24.3 Å². The van der Waals surface area contributed by atoms with Crippen molar-refractivity contribution in [1.82, 2.24) is 4.98 Å². The third kappa shape index (κ3) is 4.54. The summed E-state index contributed by atoms with van der Waals surface area (Å²) in [5.41, 5.74) is 2.56. The summed E-state index contributed by atoms with van der Waals surface area (Å²) in [6.45, 7) is 4.19. The molecule has 3 aromatic rings. The number of benzene rings is 2. The van der Waals surface area contributed by atoms with Crippen LogP contribution < -0.4 is 14.8 Å². The molecule has 0 bridgehead atoms. The van der Waals surface area contributed by atoms with E-state index in [4.69, 9.17) is 14.7 Å². The molecule has 138 valence electrons. The molecule has 6 nitrogen and oxygen atoms in total. The van der Waals surface area contributed by atoms with Crippen LogP contribution in [0.15, 0.2) is 36.4 Å². The van der Waals surface area contributed by atoms with Crippen LogP contribution in [0.3, 0.4) is 0 Å². The van der Waals surface area contributed by atoms with E-state index in [9.17, 15) is 4.79 Å². The van der Waals surface area contributed by atoms with Crippen molar-refractivity contribution in [3.05, 3.63) is 47.5 Å². The lowest BCUT2D eigenvalue weighted by molar-refractivity contribution is -0.118. The zero-order chi connectivity index (χ0) is 19.2. The van der Waals surface area contributed by atoms with Gasteiger partial charge in [0.2, 0.25) is 0 Å². The molecule has 1 heterocycles. The van der Waals surface area contributed by atoms with Crippen molar-refractivity contribution >= 4 is 32.6 Å². The lowest BCUT2D eigenvalue weighted by atomic mass is 10.2. The topological polar surface area (TPSA) is 84.2 Å². The largest absolute Gasteiger partial charge is 0.490 e. The average Bonchev–Trinajstić information content (AvgIpc) is 3.08. The summed E-state index contributed by atoms with van der Waals surface area (Å²) < 4.78 is 12.1. The molecule has 0 aliphatic rings. The average molecular weight is 381 g/mol. The van der Waals surface area contributed by atoms with Crippen LogP contribution in [-0.4, -0.2) is 24.1 Å². The predicted molar refractivity (Wildman–Crippen MR) is 105 cm³/mol. The molecule has 0 radical (unpaired) electrons. The van der Waals surface area contributed by atoms with E-state index >= 15 is 0 Å². The van der Waals surface area contributed by atoms with Gasteiger partial charge in [-0.05, 0) is 43.2 Å². The summed E-state index contributed by atoms with van der Waals surface area (Å²) in [6.07, 6.45) is 0.954. The van der Waals surface area contributed by atoms with E-state index in [-0.39, 0.29) is 12.5 Å². The van der Waals surface area contributed by atoms with Gasteiger partial charge in [-0.15, -0.1) is 0 Å². The molecule has 1 aromatic heterocycles. The summed E-state index contributed by atoms with van der Waals surface area (Å²) in [4.78, 5) is 16.6. The quantitative estimate of drug-likeness (QED) is 0.665. The van der Waals surface area contributed by atoms with Gasteiger partial charge in [0.15, 0.2) is 23.2 Å². The number of fused-ring (bicyclic) bond motifs is 1. The summed E-state index contributed by atoms with van der Waals surface area (Å²) in [6, 6.07) is 13.0. The van der Waals surface area contributed by atoms with Crippen molar-refractivity contribution < 1.29 is 14.3 Å². The van der Waals surface area contributed by atoms with Gasteiger partial charge in [0.05, 0.1) is 28.5 Å². The number of aryl methyl sites for hydroxylation is 1. The van der Waals surface area contributed by atoms with Gasteiger partial charge in [0, 0.05) is 6.07 Å². The van der Waals surface area contributed by atoms with E-state index in [1.165, 1.54) is 16.9 Å². The van der Waals surface area contributed by atoms with Crippen LogP contribution in [0.25, 0.3) is 10.2 Å². The Kier molecular flexibility index (Phi) is 5.89. The first-order chi connectivity index (χ1) is 13.1. The third-order valence-corrected chi connectivity index (χ3v) is 4.77. The smallest absolute Gasteiger partial charge is 0.264 e. The molecule has 2 aromatic carbocycles. The summed E-state index contributed by atoms with van der Waals surface area (Å²) in [5.74, 6) is 0.552. The summed E-state index contributed by atoms with van der Waals surface area (Å²) in [7, 11) is 0. The lowest BCUT2D eigenvalue weighted by Gasteiger charge is -2.11. The highest BCUT2D eigenvalue weighted by Gasteiger charge is 2.12. The maximum absolute atomic E-state index is 12.2. The zero-order valence-corrected chi connectivity index (χ0v) is 15.9. The molecular formula is C20H19N3O3S. The molecule has 0 aliphatic heterocycles. The number of amides is 1. The number of nitriles is 1. The Morgan fingerprint density at radius 1 is 1.19 bits per heavy atom. The van der Waals surface area contributed by atoms with Gasteiger partial charge in [-0.25, -0.2) is 4.98 Å². The number of carbonyl (C=O) groups excluding carboxylic acids is 1. The monoisotopic (exact) mass is 381 g/mol. The Bertz CT molecular complexity index is 1010. The zero-order valence-electron chi connectivity index (χ0n) is 15.1. The van der Waals surface area contributed by atoms with E-state index in [1.807, 2.05) is 25.1 Å². The molecule has 7 heteroatoms. The van der Waals surface area contributed by atoms with Crippen LogP contribution in [0, 0.1) is 11.3 Å². The van der Waals surface area contributed by atoms with E-state index in [2.05, 4.69) is 23.3 Å². The second-order valence-electron chi connectivity index (χ2n) is 5.72. The van der Waals surface area contributed by atoms with Crippen LogP contribution in [0.4, 0.5) is 5.13 Å². The highest BCUT2D eigenvalue weighted by Crippen LogP contribution is 2.29. The highest BCUT2D eigenvalue weighted by molar-refractivity contribution is 7.22. The summed E-state index contributed by atoms with van der Waals surface area (Å²) in [5, 5.41) is 12.3. The van der Waals surface area contributed by atoms with Gasteiger partial charge in [0.1, 0.15) is 0 Å². The van der Waals surface area contributed by atoms with Gasteiger partial charge in [-0.3, -0.25) is 10.1 Å². The number of hydrogen-bond donors (Lipinski definition) is 1. The fourth-order valence-electron chi connectivity index (χ4n) is 2.51. The van der Waals surface area contributed by atoms with Crippen molar-refractivity contribution in [3.63, 3.8) is 0 Å². The number of thiazole rings is 1. The van der Waals surface area contributed by atoms with Gasteiger partial charge < -0.3 is 9.47 Å². The molecule has 1 amide bonds. The minimum absolute atomic E-state index is 0.178. The predicted octanol–water partition coefficient (Wildman–Crippen LogP) is 4.15. The minimum Gasteiger partial charge on any atom is -0.490 e. The van der Waals surface area contributed by atoms with Crippen LogP contribution in [0.1, 0.15) is 25.0 Å². The van der Waals surface area contributed by atoms with Crippen LogP contribution in [0.5, 0.6) is 11.5 Å². The first-order valence-electron chi connectivity index (χ1n) is 8.62. The van der Waals surface area contributed by atoms with E-state index in [0.717, 1.165) is 16.6 Å². The maximum Gasteiger partial charge on any atom is 0.264 e. The highest BCUT2D eigenvalue weighted by atomic mass is 32.1. The van der Waals surface area contributed by atoms with E-state index < -0.39 is 0 Å². The van der Waals surface area contributed by atoms with Crippen molar-refractivity contribution in [3.8, 4) is 17.6 Å². The van der Waals surface area contributed by atoms with Gasteiger partial charge in [-0.2, -0.15) is 5.26 Å². The third-order valence-electron chi connectivity index (χ3n) is 3.84. The number of anilines is 1. The van der Waals surface area contributed by atoms with Gasteiger partial charge >= 0.3 is 0 Å². The molecule has 0 fully saturated rings. The minimum atomic E-state index is -0.309. The van der Waals surface area contributed by atoms with Crippen molar-refractivity contribution in [1.29, 1.82) is 5.26 Å². The maximum atomic E-state index is 12.2. The number of rotatable bonds is 7. The van der Waals surface area contributed by atoms with Crippen LogP contribution in [0.2, 0.25) is 0 Å². The number of nitrogens with zero attached hydrogens (tertiary/aromatic N) is 2. The fraction of sp³-hybridized carbons (Fsp3) is 0.250. The number of ether oxygens (including phenoxy) is 2. The second-order valence-corrected chi connectivity index (χ2v) is 6.75. The fourth-order valence-corrected chi connectivity index (χ4v) is 3.45. The first kappa shape index (κ1) is 18.7. The van der Waals surface area contributed by atoms with E-state index in [0.29, 0.717) is 28.8 Å². The Morgan fingerprint density at radius 2 is 2.04 bits per heavy atom. The Balaban J connectivity index is 1.65.